The summed E-state index contributed by atoms with van der Waals surface area (Å²) in [6.07, 6.45) is 1.38. The van der Waals surface area contributed by atoms with Crippen LogP contribution in [0.15, 0.2) is 24.3 Å². The Bertz CT molecular complexity index is 588. The van der Waals surface area contributed by atoms with Gasteiger partial charge in [-0.25, -0.2) is 0 Å². The highest BCUT2D eigenvalue weighted by molar-refractivity contribution is 5.94. The quantitative estimate of drug-likeness (QED) is 0.856. The number of nitriles is 1. The van der Waals surface area contributed by atoms with Gasteiger partial charge in [0.1, 0.15) is 0 Å². The Morgan fingerprint density at radius 3 is 2.77 bits per heavy atom. The molecule has 22 heavy (non-hydrogen) atoms. The number of carbonyl (C=O) groups is 2. The van der Waals surface area contributed by atoms with Crippen molar-refractivity contribution in [3.63, 3.8) is 0 Å². The summed E-state index contributed by atoms with van der Waals surface area (Å²) in [5, 5.41) is 20.8. The minimum atomic E-state index is -0.905. The molecule has 1 unspecified atom stereocenters. The van der Waals surface area contributed by atoms with Crippen LogP contribution in [-0.4, -0.2) is 36.7 Å². The monoisotopic (exact) mass is 302 g/mol. The van der Waals surface area contributed by atoms with E-state index in [0.29, 0.717) is 37.2 Å². The number of nitrogens with zero attached hydrogens (tertiary/aromatic N) is 1. The van der Waals surface area contributed by atoms with Crippen molar-refractivity contribution in [1.82, 2.24) is 5.32 Å². The Balaban J connectivity index is 1.98. The topological polar surface area (TPSA) is 99.4 Å². The van der Waals surface area contributed by atoms with E-state index in [1.165, 1.54) is 6.07 Å². The first-order valence-corrected chi connectivity index (χ1v) is 7.20. The van der Waals surface area contributed by atoms with E-state index < -0.39 is 11.9 Å². The summed E-state index contributed by atoms with van der Waals surface area (Å²) in [5.74, 6) is -1.88. The molecule has 0 aromatic heterocycles. The number of aliphatic carboxylic acids is 1. The van der Waals surface area contributed by atoms with Crippen LogP contribution in [0, 0.1) is 23.2 Å². The maximum atomic E-state index is 12.1. The van der Waals surface area contributed by atoms with Crippen LogP contribution < -0.4 is 5.32 Å². The molecule has 0 saturated carbocycles. The third-order valence-electron chi connectivity index (χ3n) is 3.89. The molecule has 1 aromatic carbocycles. The van der Waals surface area contributed by atoms with Crippen LogP contribution in [0.4, 0.5) is 0 Å². The Kier molecular flexibility index (Phi) is 5.50. The molecular weight excluding hydrogens is 284 g/mol. The lowest BCUT2D eigenvalue weighted by molar-refractivity contribution is -0.144. The molecule has 1 heterocycles. The Morgan fingerprint density at radius 1 is 1.41 bits per heavy atom. The minimum absolute atomic E-state index is 0.0111. The van der Waals surface area contributed by atoms with Gasteiger partial charge in [-0.2, -0.15) is 5.26 Å². The second kappa shape index (κ2) is 7.57. The van der Waals surface area contributed by atoms with Gasteiger partial charge in [-0.15, -0.1) is 0 Å². The number of nitrogens with one attached hydrogen (secondary N) is 1. The largest absolute Gasteiger partial charge is 0.481 e. The molecule has 116 valence electrons. The number of carbonyl (C=O) groups excluding carboxylic acids is 1. The lowest BCUT2D eigenvalue weighted by Gasteiger charge is -2.27. The number of carboxylic acids is 1. The number of carboxylic acid groups (broad SMARTS) is 1. The number of ether oxygens (including phenoxy) is 1. The fourth-order valence-electron chi connectivity index (χ4n) is 2.61. The van der Waals surface area contributed by atoms with Gasteiger partial charge in [0.15, 0.2) is 0 Å². The lowest BCUT2D eigenvalue weighted by Crippen LogP contribution is -2.39. The molecule has 1 aromatic rings. The van der Waals surface area contributed by atoms with Crippen LogP contribution in [0.25, 0.3) is 0 Å². The number of hydrogen-bond acceptors (Lipinski definition) is 4. The summed E-state index contributed by atoms with van der Waals surface area (Å²) in [7, 11) is 0. The molecule has 2 rings (SSSR count). The fourth-order valence-corrected chi connectivity index (χ4v) is 2.61. The molecule has 1 aliphatic heterocycles. The minimum Gasteiger partial charge on any atom is -0.481 e. The van der Waals surface area contributed by atoms with Crippen molar-refractivity contribution in [3.05, 3.63) is 35.4 Å². The molecule has 1 fully saturated rings. The van der Waals surface area contributed by atoms with Gasteiger partial charge in [0, 0.05) is 25.3 Å². The van der Waals surface area contributed by atoms with E-state index in [9.17, 15) is 14.7 Å². The molecule has 1 aliphatic rings. The third-order valence-corrected chi connectivity index (χ3v) is 3.89. The van der Waals surface area contributed by atoms with E-state index in [0.717, 1.165) is 0 Å². The lowest BCUT2D eigenvalue weighted by atomic mass is 9.86. The zero-order chi connectivity index (χ0) is 15.9. The second-order valence-corrected chi connectivity index (χ2v) is 5.30. The summed E-state index contributed by atoms with van der Waals surface area (Å²) in [5.41, 5.74) is 0.752. The van der Waals surface area contributed by atoms with Crippen molar-refractivity contribution in [3.8, 4) is 6.07 Å². The fraction of sp³-hybridized carbons (Fsp3) is 0.438. The first-order chi connectivity index (χ1) is 10.6. The van der Waals surface area contributed by atoms with Crippen LogP contribution in [0.5, 0.6) is 0 Å². The van der Waals surface area contributed by atoms with Gasteiger partial charge in [-0.1, -0.05) is 6.07 Å². The van der Waals surface area contributed by atoms with E-state index in [1.807, 2.05) is 6.07 Å². The summed E-state index contributed by atoms with van der Waals surface area (Å²) in [6.45, 7) is 1.20. The molecule has 0 radical (unpaired) electrons. The van der Waals surface area contributed by atoms with E-state index in [1.54, 1.807) is 18.2 Å². The molecular formula is C16H18N2O4. The molecule has 2 N–H and O–H groups in total. The number of rotatable bonds is 5. The summed E-state index contributed by atoms with van der Waals surface area (Å²) in [6, 6.07) is 8.29. The van der Waals surface area contributed by atoms with Crippen molar-refractivity contribution >= 4 is 11.9 Å². The van der Waals surface area contributed by atoms with Crippen LogP contribution in [0.3, 0.4) is 0 Å². The predicted molar refractivity (Wildman–Crippen MR) is 78.2 cm³/mol. The second-order valence-electron chi connectivity index (χ2n) is 5.30. The van der Waals surface area contributed by atoms with E-state index >= 15 is 0 Å². The standard InChI is InChI=1S/C16H18N2O4/c17-9-11-2-1-3-13(8-11)15(19)18-10-14(16(20)21)12-4-6-22-7-5-12/h1-3,8,12,14H,4-7,10H2,(H,18,19)(H,20,21). The number of amides is 1. The molecule has 1 amide bonds. The summed E-state index contributed by atoms with van der Waals surface area (Å²) >= 11 is 0. The van der Waals surface area contributed by atoms with Gasteiger partial charge in [-0.3, -0.25) is 9.59 Å². The Hall–Kier alpha value is -2.39. The maximum Gasteiger partial charge on any atom is 0.308 e. The average Bonchev–Trinajstić information content (AvgIpc) is 2.55. The average molecular weight is 302 g/mol. The highest BCUT2D eigenvalue weighted by Crippen LogP contribution is 2.23. The Labute approximate surface area is 128 Å². The van der Waals surface area contributed by atoms with Gasteiger partial charge in [0.05, 0.1) is 17.6 Å². The molecule has 0 spiro atoms. The molecule has 6 nitrogen and oxygen atoms in total. The van der Waals surface area contributed by atoms with Crippen molar-refractivity contribution in [2.45, 2.75) is 12.8 Å². The zero-order valence-electron chi connectivity index (χ0n) is 12.1. The van der Waals surface area contributed by atoms with Crippen molar-refractivity contribution in [2.24, 2.45) is 11.8 Å². The number of benzene rings is 1. The highest BCUT2D eigenvalue weighted by Gasteiger charge is 2.30. The highest BCUT2D eigenvalue weighted by atomic mass is 16.5. The van der Waals surface area contributed by atoms with E-state index in [2.05, 4.69) is 5.32 Å². The van der Waals surface area contributed by atoms with Gasteiger partial charge in [0.25, 0.3) is 5.91 Å². The number of hydrogen-bond donors (Lipinski definition) is 2. The molecule has 0 bridgehead atoms. The predicted octanol–water partition coefficient (Wildman–Crippen LogP) is 1.42. The first-order valence-electron chi connectivity index (χ1n) is 7.20. The van der Waals surface area contributed by atoms with Crippen LogP contribution in [0.2, 0.25) is 0 Å². The van der Waals surface area contributed by atoms with Crippen molar-refractivity contribution in [2.75, 3.05) is 19.8 Å². The van der Waals surface area contributed by atoms with Gasteiger partial charge >= 0.3 is 5.97 Å². The molecule has 6 heteroatoms. The van der Waals surface area contributed by atoms with Gasteiger partial charge < -0.3 is 15.2 Å². The summed E-state index contributed by atoms with van der Waals surface area (Å²) in [4.78, 5) is 23.5. The smallest absolute Gasteiger partial charge is 0.308 e. The maximum absolute atomic E-state index is 12.1. The third kappa shape index (κ3) is 4.06. The van der Waals surface area contributed by atoms with Crippen molar-refractivity contribution < 1.29 is 19.4 Å². The van der Waals surface area contributed by atoms with Crippen LogP contribution >= 0.6 is 0 Å². The Morgan fingerprint density at radius 2 is 2.14 bits per heavy atom. The van der Waals surface area contributed by atoms with Gasteiger partial charge in [0.2, 0.25) is 0 Å². The van der Waals surface area contributed by atoms with Gasteiger partial charge in [-0.05, 0) is 37.0 Å². The first kappa shape index (κ1) is 16.0. The van der Waals surface area contributed by atoms with Crippen LogP contribution in [0.1, 0.15) is 28.8 Å². The SMILES string of the molecule is N#Cc1cccc(C(=O)NCC(C(=O)O)C2CCOCC2)c1. The normalized spacial score (nSPS) is 16.5. The molecule has 0 aliphatic carbocycles. The van der Waals surface area contributed by atoms with Crippen LogP contribution in [-0.2, 0) is 9.53 Å². The van der Waals surface area contributed by atoms with E-state index in [-0.39, 0.29) is 18.4 Å². The summed E-state index contributed by atoms with van der Waals surface area (Å²) < 4.78 is 5.24. The zero-order valence-corrected chi connectivity index (χ0v) is 12.1. The molecule has 1 saturated heterocycles. The molecule has 1 atom stereocenters. The van der Waals surface area contributed by atoms with E-state index in [4.69, 9.17) is 10.00 Å². The van der Waals surface area contributed by atoms with Crippen molar-refractivity contribution in [1.29, 1.82) is 5.26 Å².